The summed E-state index contributed by atoms with van der Waals surface area (Å²) in [4.78, 5) is 8.66. The van der Waals surface area contributed by atoms with E-state index in [1.807, 2.05) is 6.08 Å². The second-order valence-electron chi connectivity index (χ2n) is 9.04. The summed E-state index contributed by atoms with van der Waals surface area (Å²) in [7, 11) is 0. The van der Waals surface area contributed by atoms with Crippen LogP contribution >= 0.6 is 0 Å². The van der Waals surface area contributed by atoms with E-state index in [0.717, 1.165) is 38.4 Å². The molecule has 1 aromatic carbocycles. The molecule has 34 heavy (non-hydrogen) atoms. The number of alkyl halides is 2. The molecule has 3 heterocycles. The summed E-state index contributed by atoms with van der Waals surface area (Å²) in [5, 5.41) is 10.5. The fourth-order valence-corrected chi connectivity index (χ4v) is 4.78. The number of halogens is 3. The van der Waals surface area contributed by atoms with Gasteiger partial charge in [0.25, 0.3) is 5.92 Å². The molecule has 0 saturated carbocycles. The first-order valence-corrected chi connectivity index (χ1v) is 11.4. The van der Waals surface area contributed by atoms with Crippen molar-refractivity contribution in [1.82, 2.24) is 20.4 Å². The van der Waals surface area contributed by atoms with Crippen molar-refractivity contribution in [3.8, 4) is 11.1 Å². The van der Waals surface area contributed by atoms with Crippen LogP contribution < -0.4 is 10.6 Å². The Bertz CT molecular complexity index is 1250. The largest absolute Gasteiger partial charge is 0.361 e. The molecule has 1 fully saturated rings. The number of aromatic nitrogens is 3. The van der Waals surface area contributed by atoms with Crippen molar-refractivity contribution < 1.29 is 17.7 Å². The predicted octanol–water partition coefficient (Wildman–Crippen LogP) is 5.15. The lowest BCUT2D eigenvalue weighted by molar-refractivity contribution is 0.0165. The van der Waals surface area contributed by atoms with Gasteiger partial charge in [-0.1, -0.05) is 11.2 Å². The molecule has 0 unspecified atom stereocenters. The number of rotatable bonds is 5. The number of piperidine rings is 1. The number of nitrogens with zero attached hydrogens (tertiary/aromatic N) is 3. The molecule has 2 aliphatic rings. The van der Waals surface area contributed by atoms with Crippen LogP contribution in [0.3, 0.4) is 0 Å². The molecule has 1 aliphatic heterocycles. The van der Waals surface area contributed by atoms with E-state index in [-0.39, 0.29) is 17.3 Å². The fourth-order valence-electron chi connectivity index (χ4n) is 4.78. The summed E-state index contributed by atoms with van der Waals surface area (Å²) in [6.45, 7) is 6.03. The summed E-state index contributed by atoms with van der Waals surface area (Å²) >= 11 is 0. The van der Waals surface area contributed by atoms with E-state index in [9.17, 15) is 8.78 Å². The van der Waals surface area contributed by atoms with Gasteiger partial charge in [0, 0.05) is 36.8 Å². The number of hydrogen-bond acceptors (Lipinski definition) is 6. The Balaban J connectivity index is 1.55. The normalized spacial score (nSPS) is 18.1. The Morgan fingerprint density at radius 2 is 2.03 bits per heavy atom. The lowest BCUT2D eigenvalue weighted by Crippen LogP contribution is -2.38. The van der Waals surface area contributed by atoms with Crippen molar-refractivity contribution in [3.63, 3.8) is 0 Å². The van der Waals surface area contributed by atoms with E-state index in [2.05, 4.69) is 25.8 Å². The molecule has 6 nitrogen and oxygen atoms in total. The minimum Gasteiger partial charge on any atom is -0.361 e. The second kappa shape index (κ2) is 8.54. The molecule has 178 valence electrons. The number of fused-ring (bicyclic) bond motifs is 1. The number of anilines is 1. The quantitative estimate of drug-likeness (QED) is 0.538. The molecular formula is C25H26F3N5O. The number of hydrogen-bond donors (Lipinski definition) is 2. The highest BCUT2D eigenvalue weighted by atomic mass is 19.3. The Labute approximate surface area is 195 Å². The maximum atomic E-state index is 15.3. The summed E-state index contributed by atoms with van der Waals surface area (Å²) in [5.74, 6) is -2.80. The molecule has 1 atom stereocenters. The first-order valence-electron chi connectivity index (χ1n) is 11.4. The maximum Gasteiger partial charge on any atom is 0.274 e. The summed E-state index contributed by atoms with van der Waals surface area (Å²) in [5.41, 5.74) is 3.32. The van der Waals surface area contributed by atoms with Gasteiger partial charge in [-0.15, -0.1) is 0 Å². The Morgan fingerprint density at radius 1 is 1.21 bits per heavy atom. The Morgan fingerprint density at radius 3 is 2.71 bits per heavy atom. The number of benzene rings is 1. The van der Waals surface area contributed by atoms with Crippen molar-refractivity contribution >= 4 is 11.5 Å². The highest BCUT2D eigenvalue weighted by Gasteiger charge is 2.33. The van der Waals surface area contributed by atoms with Gasteiger partial charge in [0.2, 0.25) is 5.95 Å². The van der Waals surface area contributed by atoms with E-state index >= 15 is 4.39 Å². The van der Waals surface area contributed by atoms with Crippen LogP contribution in [0.25, 0.3) is 16.7 Å². The van der Waals surface area contributed by atoms with Gasteiger partial charge < -0.3 is 15.2 Å². The van der Waals surface area contributed by atoms with Crippen LogP contribution in [0.15, 0.2) is 28.9 Å². The summed E-state index contributed by atoms with van der Waals surface area (Å²) in [6.07, 6.45) is 5.44. The monoisotopic (exact) mass is 469 g/mol. The average molecular weight is 470 g/mol. The molecule has 9 heteroatoms. The third-order valence-electron chi connectivity index (χ3n) is 6.46. The fraction of sp³-hybridized carbons (Fsp3) is 0.400. The van der Waals surface area contributed by atoms with Gasteiger partial charge in [-0.3, -0.25) is 0 Å². The molecule has 2 N–H and O–H groups in total. The third kappa shape index (κ3) is 4.09. The smallest absolute Gasteiger partial charge is 0.274 e. The standard InChI is InChI=1S/C25H26F3N5O/c1-13-22(14(2)34-33-13)19-9-15-6-7-17(18(15)10-21(19)26)23-20(25(3,27)28)12-30-24(32-23)31-16-5-4-8-29-11-16/h7,9-10,12,16,29H,4-6,8,11H2,1-3H3,(H,30,31,32)/t16-/m0/s1. The van der Waals surface area contributed by atoms with Crippen LogP contribution in [-0.4, -0.2) is 34.3 Å². The Kier molecular flexibility index (Phi) is 5.67. The van der Waals surface area contributed by atoms with E-state index in [1.165, 1.54) is 12.3 Å². The van der Waals surface area contributed by atoms with Gasteiger partial charge in [-0.2, -0.15) is 0 Å². The van der Waals surface area contributed by atoms with Crippen LogP contribution in [0, 0.1) is 19.7 Å². The molecule has 2 aromatic heterocycles. The van der Waals surface area contributed by atoms with E-state index < -0.39 is 11.7 Å². The van der Waals surface area contributed by atoms with E-state index in [1.54, 1.807) is 19.9 Å². The lowest BCUT2D eigenvalue weighted by Gasteiger charge is -2.24. The highest BCUT2D eigenvalue weighted by Crippen LogP contribution is 2.41. The summed E-state index contributed by atoms with van der Waals surface area (Å²) in [6, 6.07) is 3.26. The van der Waals surface area contributed by atoms with Crippen molar-refractivity contribution in [1.29, 1.82) is 0 Å². The van der Waals surface area contributed by atoms with Gasteiger partial charge >= 0.3 is 0 Å². The van der Waals surface area contributed by atoms with Crippen LogP contribution in [-0.2, 0) is 12.3 Å². The van der Waals surface area contributed by atoms with Crippen molar-refractivity contribution in [3.05, 3.63) is 64.1 Å². The molecule has 0 amide bonds. The van der Waals surface area contributed by atoms with Gasteiger partial charge in [-0.25, -0.2) is 23.1 Å². The Hall–Kier alpha value is -3.20. The third-order valence-corrected chi connectivity index (χ3v) is 6.46. The van der Waals surface area contributed by atoms with Crippen LogP contribution in [0.1, 0.15) is 53.6 Å². The molecule has 3 aromatic rings. The maximum absolute atomic E-state index is 15.3. The van der Waals surface area contributed by atoms with Crippen molar-refractivity contribution in [2.45, 2.75) is 52.0 Å². The molecule has 1 saturated heterocycles. The van der Waals surface area contributed by atoms with Crippen molar-refractivity contribution in [2.75, 3.05) is 18.4 Å². The molecule has 0 radical (unpaired) electrons. The topological polar surface area (TPSA) is 75.9 Å². The zero-order valence-electron chi connectivity index (χ0n) is 19.3. The zero-order valence-corrected chi connectivity index (χ0v) is 19.3. The van der Waals surface area contributed by atoms with Crippen LogP contribution in [0.2, 0.25) is 0 Å². The van der Waals surface area contributed by atoms with E-state index in [0.29, 0.717) is 46.1 Å². The molecule has 5 rings (SSSR count). The molecular weight excluding hydrogens is 443 g/mol. The van der Waals surface area contributed by atoms with Crippen LogP contribution in [0.4, 0.5) is 19.1 Å². The molecule has 0 bridgehead atoms. The van der Waals surface area contributed by atoms with E-state index in [4.69, 9.17) is 4.52 Å². The minimum atomic E-state index is -3.15. The lowest BCUT2D eigenvalue weighted by atomic mass is 9.94. The van der Waals surface area contributed by atoms with Gasteiger partial charge in [0.05, 0.1) is 22.5 Å². The SMILES string of the molecule is Cc1noc(C)c1-c1cc2c(cc1F)C(c1nc(N[C@H]3CCCNC3)ncc1C(C)(F)F)=CC2. The second-order valence-corrected chi connectivity index (χ2v) is 9.04. The van der Waals surface area contributed by atoms with Gasteiger partial charge in [0.1, 0.15) is 11.6 Å². The average Bonchev–Trinajstić information content (AvgIpc) is 3.35. The first-order chi connectivity index (χ1) is 16.2. The van der Waals surface area contributed by atoms with Crippen molar-refractivity contribution in [2.24, 2.45) is 0 Å². The first kappa shape index (κ1) is 22.6. The number of aryl methyl sites for hydroxylation is 2. The van der Waals surface area contributed by atoms with Gasteiger partial charge in [0.15, 0.2) is 0 Å². The predicted molar refractivity (Wildman–Crippen MR) is 123 cm³/mol. The molecule has 1 aliphatic carbocycles. The highest BCUT2D eigenvalue weighted by molar-refractivity contribution is 5.86. The zero-order chi connectivity index (χ0) is 24.0. The molecule has 0 spiro atoms. The number of nitrogens with one attached hydrogen (secondary N) is 2. The van der Waals surface area contributed by atoms with Gasteiger partial charge in [-0.05, 0) is 62.9 Å². The number of allylic oxidation sites excluding steroid dienone is 1. The van der Waals surface area contributed by atoms with Crippen LogP contribution in [0.5, 0.6) is 0 Å². The minimum absolute atomic E-state index is 0.120. The summed E-state index contributed by atoms with van der Waals surface area (Å²) < 4.78 is 49.5.